The van der Waals surface area contributed by atoms with Gasteiger partial charge in [0.1, 0.15) is 17.4 Å². The Bertz CT molecular complexity index is 689. The Morgan fingerprint density at radius 1 is 1.19 bits per heavy atom. The maximum atomic E-state index is 13.7. The molecule has 0 aliphatic rings. The summed E-state index contributed by atoms with van der Waals surface area (Å²) >= 11 is 0. The lowest BCUT2D eigenvalue weighted by atomic mass is 10.1. The van der Waals surface area contributed by atoms with Crippen LogP contribution in [-0.4, -0.2) is 16.2 Å². The minimum atomic E-state index is -1.47. The van der Waals surface area contributed by atoms with E-state index in [1.165, 1.54) is 12.1 Å². The zero-order valence-electron chi connectivity index (χ0n) is 11.1. The summed E-state index contributed by atoms with van der Waals surface area (Å²) in [6.45, 7) is 1.71. The SMILES string of the molecule is CC(Nc1cc(C(=O)O)c(F)cc1F)c1cccc(O)c1. The van der Waals surface area contributed by atoms with Gasteiger partial charge in [0, 0.05) is 12.1 Å². The molecular formula is C15H13F2NO3. The number of phenols is 1. The summed E-state index contributed by atoms with van der Waals surface area (Å²) in [6.07, 6.45) is 0. The number of halogens is 2. The van der Waals surface area contributed by atoms with Crippen molar-refractivity contribution in [2.75, 3.05) is 5.32 Å². The first-order chi connectivity index (χ1) is 9.88. The van der Waals surface area contributed by atoms with E-state index in [1.54, 1.807) is 19.1 Å². The Morgan fingerprint density at radius 3 is 2.52 bits per heavy atom. The van der Waals surface area contributed by atoms with Gasteiger partial charge in [-0.05, 0) is 30.7 Å². The van der Waals surface area contributed by atoms with E-state index >= 15 is 0 Å². The number of carboxylic acids is 1. The molecule has 2 rings (SSSR count). The van der Waals surface area contributed by atoms with Gasteiger partial charge in [0.2, 0.25) is 0 Å². The number of nitrogens with one attached hydrogen (secondary N) is 1. The zero-order chi connectivity index (χ0) is 15.6. The molecule has 0 fully saturated rings. The third-order valence-corrected chi connectivity index (χ3v) is 3.03. The molecule has 21 heavy (non-hydrogen) atoms. The van der Waals surface area contributed by atoms with E-state index in [1.807, 2.05) is 0 Å². The van der Waals surface area contributed by atoms with Crippen LogP contribution in [0, 0.1) is 11.6 Å². The fourth-order valence-corrected chi connectivity index (χ4v) is 1.93. The molecule has 6 heteroatoms. The van der Waals surface area contributed by atoms with Crippen molar-refractivity contribution in [3.8, 4) is 5.75 Å². The minimum Gasteiger partial charge on any atom is -0.508 e. The smallest absolute Gasteiger partial charge is 0.338 e. The average Bonchev–Trinajstić information content (AvgIpc) is 2.41. The van der Waals surface area contributed by atoms with Crippen LogP contribution in [0.25, 0.3) is 0 Å². The van der Waals surface area contributed by atoms with E-state index < -0.39 is 29.2 Å². The lowest BCUT2D eigenvalue weighted by Gasteiger charge is -2.17. The van der Waals surface area contributed by atoms with Gasteiger partial charge >= 0.3 is 5.97 Å². The second-order valence-corrected chi connectivity index (χ2v) is 4.58. The number of benzene rings is 2. The molecule has 0 bridgehead atoms. The molecule has 0 saturated heterocycles. The molecule has 0 aliphatic carbocycles. The van der Waals surface area contributed by atoms with Crippen LogP contribution >= 0.6 is 0 Å². The van der Waals surface area contributed by atoms with Gasteiger partial charge in [-0.3, -0.25) is 0 Å². The topological polar surface area (TPSA) is 69.6 Å². The van der Waals surface area contributed by atoms with Crippen molar-refractivity contribution >= 4 is 11.7 Å². The third-order valence-electron chi connectivity index (χ3n) is 3.03. The maximum absolute atomic E-state index is 13.7. The number of anilines is 1. The van der Waals surface area contributed by atoms with Crippen LogP contribution in [0.5, 0.6) is 5.75 Å². The van der Waals surface area contributed by atoms with Crippen LogP contribution in [-0.2, 0) is 0 Å². The predicted octanol–water partition coefficient (Wildman–Crippen LogP) is 3.54. The van der Waals surface area contributed by atoms with Crippen LogP contribution < -0.4 is 5.32 Å². The minimum absolute atomic E-state index is 0.0620. The van der Waals surface area contributed by atoms with Gasteiger partial charge in [0.05, 0.1) is 11.3 Å². The highest BCUT2D eigenvalue weighted by Crippen LogP contribution is 2.26. The number of aromatic carboxylic acids is 1. The van der Waals surface area contributed by atoms with Gasteiger partial charge in [-0.25, -0.2) is 13.6 Å². The normalized spacial score (nSPS) is 12.0. The maximum Gasteiger partial charge on any atom is 0.338 e. The molecule has 0 spiro atoms. The molecule has 0 saturated carbocycles. The summed E-state index contributed by atoms with van der Waals surface area (Å²) in [5.41, 5.74) is -0.0535. The Balaban J connectivity index is 2.31. The second-order valence-electron chi connectivity index (χ2n) is 4.58. The summed E-state index contributed by atoms with van der Waals surface area (Å²) in [7, 11) is 0. The highest BCUT2D eigenvalue weighted by Gasteiger charge is 2.16. The lowest BCUT2D eigenvalue weighted by Crippen LogP contribution is -2.10. The van der Waals surface area contributed by atoms with Crippen molar-refractivity contribution in [3.05, 3.63) is 59.2 Å². The highest BCUT2D eigenvalue weighted by atomic mass is 19.1. The number of phenolic OH excluding ortho intramolecular Hbond substituents is 1. The fourth-order valence-electron chi connectivity index (χ4n) is 1.93. The monoisotopic (exact) mass is 293 g/mol. The molecule has 1 atom stereocenters. The molecule has 110 valence electrons. The van der Waals surface area contributed by atoms with Gasteiger partial charge in [-0.2, -0.15) is 0 Å². The summed E-state index contributed by atoms with van der Waals surface area (Å²) in [6, 6.07) is 7.38. The van der Waals surface area contributed by atoms with E-state index in [9.17, 15) is 18.7 Å². The molecular weight excluding hydrogens is 280 g/mol. The first kappa shape index (κ1) is 14.8. The standard InChI is InChI=1S/C15H13F2NO3/c1-8(9-3-2-4-10(19)5-9)18-14-6-11(15(20)21)12(16)7-13(14)17/h2-8,18-19H,1H3,(H,20,21). The fraction of sp³-hybridized carbons (Fsp3) is 0.133. The molecule has 4 nitrogen and oxygen atoms in total. The average molecular weight is 293 g/mol. The van der Waals surface area contributed by atoms with Gasteiger partial charge < -0.3 is 15.5 Å². The van der Waals surface area contributed by atoms with E-state index in [4.69, 9.17) is 5.11 Å². The van der Waals surface area contributed by atoms with Crippen LogP contribution in [0.4, 0.5) is 14.5 Å². The van der Waals surface area contributed by atoms with Crippen molar-refractivity contribution in [3.63, 3.8) is 0 Å². The Labute approximate surface area is 119 Å². The quantitative estimate of drug-likeness (QED) is 0.806. The Morgan fingerprint density at radius 2 is 1.90 bits per heavy atom. The van der Waals surface area contributed by atoms with E-state index in [0.717, 1.165) is 6.07 Å². The molecule has 0 radical (unpaired) electrons. The predicted molar refractivity (Wildman–Crippen MR) is 73.5 cm³/mol. The van der Waals surface area contributed by atoms with E-state index in [0.29, 0.717) is 11.6 Å². The Hall–Kier alpha value is -2.63. The second kappa shape index (κ2) is 5.78. The highest BCUT2D eigenvalue weighted by molar-refractivity contribution is 5.89. The number of carbonyl (C=O) groups is 1. The van der Waals surface area contributed by atoms with Crippen LogP contribution in [0.2, 0.25) is 0 Å². The van der Waals surface area contributed by atoms with Crippen molar-refractivity contribution in [2.45, 2.75) is 13.0 Å². The summed E-state index contributed by atoms with van der Waals surface area (Å²) in [5, 5.41) is 21.0. The van der Waals surface area contributed by atoms with Crippen molar-refractivity contribution in [1.82, 2.24) is 0 Å². The van der Waals surface area contributed by atoms with Crippen molar-refractivity contribution < 1.29 is 23.8 Å². The molecule has 2 aromatic rings. The third kappa shape index (κ3) is 3.28. The van der Waals surface area contributed by atoms with Gasteiger partial charge in [-0.15, -0.1) is 0 Å². The van der Waals surface area contributed by atoms with Crippen LogP contribution in [0.1, 0.15) is 28.9 Å². The number of hydrogen-bond donors (Lipinski definition) is 3. The molecule has 0 aromatic heterocycles. The molecule has 0 aliphatic heterocycles. The number of rotatable bonds is 4. The van der Waals surface area contributed by atoms with Crippen LogP contribution in [0.3, 0.4) is 0 Å². The van der Waals surface area contributed by atoms with E-state index in [-0.39, 0.29) is 11.4 Å². The number of carboxylic acid groups (broad SMARTS) is 1. The molecule has 0 amide bonds. The van der Waals surface area contributed by atoms with Gasteiger partial charge in [0.15, 0.2) is 0 Å². The zero-order valence-corrected chi connectivity index (χ0v) is 11.1. The summed E-state index contributed by atoms with van der Waals surface area (Å²) < 4.78 is 27.0. The Kier molecular flexibility index (Phi) is 4.07. The first-order valence-corrected chi connectivity index (χ1v) is 6.16. The number of hydrogen-bond acceptors (Lipinski definition) is 3. The molecule has 1 unspecified atom stereocenters. The van der Waals surface area contributed by atoms with Crippen LogP contribution in [0.15, 0.2) is 36.4 Å². The molecule has 0 heterocycles. The van der Waals surface area contributed by atoms with Gasteiger partial charge in [0.25, 0.3) is 0 Å². The molecule has 2 aromatic carbocycles. The first-order valence-electron chi connectivity index (χ1n) is 6.16. The largest absolute Gasteiger partial charge is 0.508 e. The summed E-state index contributed by atoms with van der Waals surface area (Å²) in [4.78, 5) is 10.9. The van der Waals surface area contributed by atoms with Crippen molar-refractivity contribution in [2.24, 2.45) is 0 Å². The summed E-state index contributed by atoms with van der Waals surface area (Å²) in [5.74, 6) is -3.42. The van der Waals surface area contributed by atoms with Crippen molar-refractivity contribution in [1.29, 1.82) is 0 Å². The lowest BCUT2D eigenvalue weighted by molar-refractivity contribution is 0.0692. The van der Waals surface area contributed by atoms with Gasteiger partial charge in [-0.1, -0.05) is 12.1 Å². The number of aromatic hydroxyl groups is 1. The van der Waals surface area contributed by atoms with E-state index in [2.05, 4.69) is 5.32 Å². The molecule has 3 N–H and O–H groups in total.